The Morgan fingerprint density at radius 2 is 1.57 bits per heavy atom. The molecule has 2 aromatic rings. The van der Waals surface area contributed by atoms with Gasteiger partial charge in [-0.2, -0.15) is 13.5 Å². The first-order chi connectivity index (χ1) is 9.88. The van der Waals surface area contributed by atoms with Crippen molar-refractivity contribution in [1.29, 1.82) is 0 Å². The van der Waals surface area contributed by atoms with Gasteiger partial charge in [0.2, 0.25) is 0 Å². The van der Waals surface area contributed by atoms with Gasteiger partial charge in [-0.25, -0.2) is 4.83 Å². The third kappa shape index (κ3) is 4.35. The van der Waals surface area contributed by atoms with Gasteiger partial charge >= 0.3 is 0 Å². The number of nitrogens with zero attached hydrogens (tertiary/aromatic N) is 1. The van der Waals surface area contributed by atoms with Gasteiger partial charge in [-0.3, -0.25) is 0 Å². The van der Waals surface area contributed by atoms with Crippen molar-refractivity contribution in [3.05, 3.63) is 63.1 Å². The fraction of sp³-hybridized carbons (Fsp3) is 0. The van der Waals surface area contributed by atoms with Crippen molar-refractivity contribution in [1.82, 2.24) is 4.83 Å². The molecule has 110 valence electrons. The molecule has 8 heteroatoms. The third-order valence-electron chi connectivity index (χ3n) is 2.46. The van der Waals surface area contributed by atoms with Crippen LogP contribution >= 0.6 is 34.8 Å². The van der Waals surface area contributed by atoms with E-state index in [0.717, 1.165) is 0 Å². The Kier molecular flexibility index (Phi) is 5.11. The first-order valence-corrected chi connectivity index (χ1v) is 8.26. The maximum absolute atomic E-state index is 12.0. The van der Waals surface area contributed by atoms with E-state index in [1.54, 1.807) is 12.1 Å². The van der Waals surface area contributed by atoms with Crippen molar-refractivity contribution in [3.8, 4) is 0 Å². The summed E-state index contributed by atoms with van der Waals surface area (Å²) in [5.41, 5.74) is 0.542. The Balaban J connectivity index is 2.14. The van der Waals surface area contributed by atoms with Gasteiger partial charge in [0.15, 0.2) is 0 Å². The van der Waals surface area contributed by atoms with E-state index in [1.165, 1.54) is 36.5 Å². The number of hydrogen-bond acceptors (Lipinski definition) is 3. The van der Waals surface area contributed by atoms with Crippen LogP contribution in [0.5, 0.6) is 0 Å². The van der Waals surface area contributed by atoms with Crippen LogP contribution in [-0.4, -0.2) is 14.6 Å². The lowest BCUT2D eigenvalue weighted by molar-refractivity contribution is 0.584. The first kappa shape index (κ1) is 16.1. The van der Waals surface area contributed by atoms with Crippen molar-refractivity contribution < 1.29 is 8.42 Å². The van der Waals surface area contributed by atoms with Crippen LogP contribution in [0.4, 0.5) is 0 Å². The Morgan fingerprint density at radius 3 is 2.19 bits per heavy atom. The molecule has 1 N–H and O–H groups in total. The van der Waals surface area contributed by atoms with Crippen LogP contribution in [0.2, 0.25) is 15.1 Å². The number of sulfonamides is 1. The van der Waals surface area contributed by atoms with Crippen LogP contribution in [0, 0.1) is 0 Å². The van der Waals surface area contributed by atoms with Gasteiger partial charge in [0, 0.05) is 15.6 Å². The quantitative estimate of drug-likeness (QED) is 0.660. The van der Waals surface area contributed by atoms with Crippen molar-refractivity contribution in [2.75, 3.05) is 0 Å². The highest BCUT2D eigenvalue weighted by atomic mass is 35.5. The zero-order valence-electron chi connectivity index (χ0n) is 10.4. The molecule has 0 atom stereocenters. The number of nitrogens with one attached hydrogen (secondary N) is 1. The number of rotatable bonds is 4. The smallest absolute Gasteiger partial charge is 0.200 e. The minimum atomic E-state index is -3.74. The Bertz CT molecular complexity index is 775. The molecule has 0 aliphatic carbocycles. The third-order valence-corrected chi connectivity index (χ3v) is 4.52. The van der Waals surface area contributed by atoms with E-state index in [1.807, 2.05) is 0 Å². The maximum Gasteiger partial charge on any atom is 0.276 e. The molecule has 0 heterocycles. The summed E-state index contributed by atoms with van der Waals surface area (Å²) in [6, 6.07) is 10.5. The predicted molar refractivity (Wildman–Crippen MR) is 85.8 cm³/mol. The molecular formula is C13H9Cl3N2O2S. The summed E-state index contributed by atoms with van der Waals surface area (Å²) in [6.45, 7) is 0. The van der Waals surface area contributed by atoms with E-state index in [0.29, 0.717) is 20.6 Å². The van der Waals surface area contributed by atoms with E-state index < -0.39 is 10.0 Å². The summed E-state index contributed by atoms with van der Waals surface area (Å²) >= 11 is 17.4. The van der Waals surface area contributed by atoms with Crippen LogP contribution in [0.1, 0.15) is 5.56 Å². The molecule has 0 amide bonds. The zero-order valence-corrected chi connectivity index (χ0v) is 13.5. The molecule has 2 rings (SSSR count). The van der Waals surface area contributed by atoms with Crippen molar-refractivity contribution >= 4 is 51.0 Å². The average molecular weight is 364 g/mol. The number of hydrogen-bond donors (Lipinski definition) is 1. The van der Waals surface area contributed by atoms with E-state index >= 15 is 0 Å². The van der Waals surface area contributed by atoms with Crippen LogP contribution in [0.15, 0.2) is 52.5 Å². The van der Waals surface area contributed by atoms with Crippen molar-refractivity contribution in [2.24, 2.45) is 5.10 Å². The minimum Gasteiger partial charge on any atom is -0.200 e. The van der Waals surface area contributed by atoms with Crippen LogP contribution in [0.25, 0.3) is 0 Å². The molecule has 2 aromatic carbocycles. The molecule has 4 nitrogen and oxygen atoms in total. The monoisotopic (exact) mass is 362 g/mol. The molecule has 0 bridgehead atoms. The lowest BCUT2D eigenvalue weighted by Crippen LogP contribution is -2.18. The Labute approximate surface area is 137 Å². The highest BCUT2D eigenvalue weighted by molar-refractivity contribution is 7.89. The molecular weight excluding hydrogens is 355 g/mol. The second-order valence-corrected chi connectivity index (χ2v) is 6.91. The van der Waals surface area contributed by atoms with E-state index in [4.69, 9.17) is 34.8 Å². The number of hydrazone groups is 1. The van der Waals surface area contributed by atoms with Gasteiger partial charge in [0.05, 0.1) is 16.1 Å². The SMILES string of the molecule is O=S(=O)(N/N=C\c1ccc(Cl)cc1Cl)c1ccc(Cl)cc1. The highest BCUT2D eigenvalue weighted by Gasteiger charge is 2.12. The largest absolute Gasteiger partial charge is 0.276 e. The second-order valence-electron chi connectivity index (χ2n) is 3.97. The van der Waals surface area contributed by atoms with Gasteiger partial charge in [0.1, 0.15) is 0 Å². The van der Waals surface area contributed by atoms with Crippen LogP contribution in [0.3, 0.4) is 0 Å². The van der Waals surface area contributed by atoms with Gasteiger partial charge in [-0.15, -0.1) is 0 Å². The normalized spacial score (nSPS) is 11.8. The summed E-state index contributed by atoms with van der Waals surface area (Å²) in [7, 11) is -3.74. The molecule has 21 heavy (non-hydrogen) atoms. The fourth-order valence-electron chi connectivity index (χ4n) is 1.44. The zero-order chi connectivity index (χ0) is 15.5. The van der Waals surface area contributed by atoms with Gasteiger partial charge in [0.25, 0.3) is 10.0 Å². The van der Waals surface area contributed by atoms with Crippen LogP contribution in [-0.2, 0) is 10.0 Å². The molecule has 0 saturated heterocycles. The molecule has 0 fully saturated rings. The lowest BCUT2D eigenvalue weighted by atomic mass is 10.2. The highest BCUT2D eigenvalue weighted by Crippen LogP contribution is 2.19. The molecule has 0 saturated carbocycles. The summed E-state index contributed by atoms with van der Waals surface area (Å²) in [5, 5.41) is 4.99. The number of halogens is 3. The summed E-state index contributed by atoms with van der Waals surface area (Å²) < 4.78 is 23.9. The summed E-state index contributed by atoms with van der Waals surface area (Å²) in [6.07, 6.45) is 1.30. The van der Waals surface area contributed by atoms with E-state index in [-0.39, 0.29) is 4.90 Å². The predicted octanol–water partition coefficient (Wildman–Crippen LogP) is 3.96. The summed E-state index contributed by atoms with van der Waals surface area (Å²) in [4.78, 5) is 2.15. The second kappa shape index (κ2) is 6.66. The van der Waals surface area contributed by atoms with E-state index in [2.05, 4.69) is 9.93 Å². The number of benzene rings is 2. The standard InChI is InChI=1S/C13H9Cl3N2O2S/c14-10-3-5-12(6-4-10)21(19,20)18-17-8-9-1-2-11(15)7-13(9)16/h1-8,18H/b17-8-. The van der Waals surface area contributed by atoms with Crippen molar-refractivity contribution in [3.63, 3.8) is 0 Å². The topological polar surface area (TPSA) is 58.5 Å². The molecule has 0 aromatic heterocycles. The van der Waals surface area contributed by atoms with Gasteiger partial charge in [-0.05, 0) is 36.4 Å². The first-order valence-electron chi connectivity index (χ1n) is 5.64. The average Bonchev–Trinajstić information content (AvgIpc) is 2.41. The molecule has 0 aliphatic heterocycles. The molecule has 0 unspecified atom stereocenters. The minimum absolute atomic E-state index is 0.0613. The lowest BCUT2D eigenvalue weighted by Gasteiger charge is -2.03. The maximum atomic E-state index is 12.0. The van der Waals surface area contributed by atoms with Crippen LogP contribution < -0.4 is 4.83 Å². The summed E-state index contributed by atoms with van der Waals surface area (Å²) in [5.74, 6) is 0. The van der Waals surface area contributed by atoms with Gasteiger partial charge in [-0.1, -0.05) is 40.9 Å². The molecule has 0 aliphatic rings. The molecule has 0 radical (unpaired) electrons. The molecule has 0 spiro atoms. The van der Waals surface area contributed by atoms with Gasteiger partial charge < -0.3 is 0 Å². The Hall–Kier alpha value is -1.27. The van der Waals surface area contributed by atoms with E-state index in [9.17, 15) is 8.42 Å². The Morgan fingerprint density at radius 1 is 0.952 bits per heavy atom. The fourth-order valence-corrected chi connectivity index (χ4v) is 2.81. The van der Waals surface area contributed by atoms with Crippen molar-refractivity contribution in [2.45, 2.75) is 4.90 Å².